The van der Waals surface area contributed by atoms with Gasteiger partial charge >= 0.3 is 0 Å². The fourth-order valence-electron chi connectivity index (χ4n) is 3.35. The first-order valence-corrected chi connectivity index (χ1v) is 8.11. The summed E-state index contributed by atoms with van der Waals surface area (Å²) >= 11 is 4.87. The average molecular weight is 330 g/mol. The molecule has 2 bridgehead atoms. The normalized spacial score (nSPS) is 22.9. The third-order valence-electron chi connectivity index (χ3n) is 4.47. The second kappa shape index (κ2) is 5.73. The highest BCUT2D eigenvalue weighted by Gasteiger charge is 2.35. The first-order valence-electron chi connectivity index (χ1n) is 7.70. The van der Waals surface area contributed by atoms with Crippen LogP contribution in [0.1, 0.15) is 18.4 Å². The zero-order valence-electron chi connectivity index (χ0n) is 12.6. The summed E-state index contributed by atoms with van der Waals surface area (Å²) in [7, 11) is 0. The highest BCUT2D eigenvalue weighted by Crippen LogP contribution is 2.36. The van der Waals surface area contributed by atoms with Crippen molar-refractivity contribution >= 4 is 29.1 Å². The van der Waals surface area contributed by atoms with Crippen molar-refractivity contribution in [2.75, 3.05) is 19.9 Å². The Morgan fingerprint density at radius 2 is 2.09 bits per heavy atom. The van der Waals surface area contributed by atoms with Gasteiger partial charge in [-0.15, -0.1) is 0 Å². The summed E-state index contributed by atoms with van der Waals surface area (Å²) in [5.74, 6) is 2.04. The van der Waals surface area contributed by atoms with E-state index in [1.165, 1.54) is 0 Å². The molecule has 1 aromatic rings. The molecule has 3 N–H and O–H groups in total. The minimum atomic E-state index is 0.191. The molecule has 0 saturated carbocycles. The summed E-state index contributed by atoms with van der Waals surface area (Å²) in [6.45, 7) is 2.41. The predicted molar refractivity (Wildman–Crippen MR) is 92.2 cm³/mol. The largest absolute Gasteiger partial charge is 0.454 e. The van der Waals surface area contributed by atoms with Crippen molar-refractivity contribution in [1.82, 2.24) is 10.3 Å². The van der Waals surface area contributed by atoms with E-state index in [2.05, 4.69) is 21.5 Å². The zero-order chi connectivity index (χ0) is 15.8. The maximum Gasteiger partial charge on any atom is 0.231 e. The van der Waals surface area contributed by atoms with Crippen LogP contribution >= 0.6 is 12.2 Å². The van der Waals surface area contributed by atoms with Gasteiger partial charge in [0, 0.05) is 19.0 Å². The highest BCUT2D eigenvalue weighted by atomic mass is 32.1. The second-order valence-corrected chi connectivity index (χ2v) is 6.32. The summed E-state index contributed by atoms with van der Waals surface area (Å²) in [6, 6.07) is 5.97. The quantitative estimate of drug-likeness (QED) is 0.635. The van der Waals surface area contributed by atoms with Crippen LogP contribution in [0.3, 0.4) is 0 Å². The van der Waals surface area contributed by atoms with E-state index in [1.54, 1.807) is 0 Å². The van der Waals surface area contributed by atoms with Crippen molar-refractivity contribution in [3.05, 3.63) is 29.5 Å². The van der Waals surface area contributed by atoms with Crippen molar-refractivity contribution in [3.63, 3.8) is 0 Å². The van der Waals surface area contributed by atoms with E-state index in [4.69, 9.17) is 27.4 Å². The van der Waals surface area contributed by atoms with E-state index >= 15 is 0 Å². The molecule has 4 aliphatic heterocycles. The van der Waals surface area contributed by atoms with Crippen molar-refractivity contribution in [2.24, 2.45) is 16.8 Å². The molecule has 1 aromatic carbocycles. The molecule has 3 fully saturated rings. The van der Waals surface area contributed by atoms with E-state index in [9.17, 15) is 0 Å². The van der Waals surface area contributed by atoms with Gasteiger partial charge in [0.15, 0.2) is 16.6 Å². The lowest BCUT2D eigenvalue weighted by molar-refractivity contribution is 0.174. The molecule has 6 nitrogen and oxygen atoms in total. The highest BCUT2D eigenvalue weighted by molar-refractivity contribution is 7.80. The smallest absolute Gasteiger partial charge is 0.231 e. The summed E-state index contributed by atoms with van der Waals surface area (Å²) in [6.07, 6.45) is 4.39. The molecule has 120 valence electrons. The molecule has 5 rings (SSSR count). The molecule has 0 aromatic heterocycles. The number of hydrogen-bond acceptors (Lipinski definition) is 5. The van der Waals surface area contributed by atoms with Gasteiger partial charge in [-0.25, -0.2) is 0 Å². The van der Waals surface area contributed by atoms with Crippen LogP contribution in [-0.4, -0.2) is 35.6 Å². The first kappa shape index (κ1) is 14.3. The van der Waals surface area contributed by atoms with E-state index in [1.807, 2.05) is 18.2 Å². The second-order valence-electron chi connectivity index (χ2n) is 5.88. The van der Waals surface area contributed by atoms with Gasteiger partial charge in [-0.1, -0.05) is 6.07 Å². The zero-order valence-corrected chi connectivity index (χ0v) is 13.4. The van der Waals surface area contributed by atoms with Gasteiger partial charge in [0.2, 0.25) is 6.79 Å². The van der Waals surface area contributed by atoms with Gasteiger partial charge in [0.25, 0.3) is 0 Å². The molecule has 0 unspecified atom stereocenters. The van der Waals surface area contributed by atoms with Gasteiger partial charge in [-0.2, -0.15) is 5.10 Å². The molecule has 0 spiro atoms. The van der Waals surface area contributed by atoms with Crippen LogP contribution in [0.25, 0.3) is 6.08 Å². The summed E-state index contributed by atoms with van der Waals surface area (Å²) in [5.41, 5.74) is 11.5. The van der Waals surface area contributed by atoms with Crippen molar-refractivity contribution in [2.45, 2.75) is 12.8 Å². The Balaban J connectivity index is 1.69. The molecule has 0 amide bonds. The van der Waals surface area contributed by atoms with E-state index < -0.39 is 0 Å². The molecule has 0 radical (unpaired) electrons. The first-order chi connectivity index (χ1) is 11.2. The number of thiocarbonyl (C=S) groups is 1. The third kappa shape index (κ3) is 2.72. The third-order valence-corrected chi connectivity index (χ3v) is 4.56. The number of nitrogens with one attached hydrogen (secondary N) is 1. The number of nitrogens with two attached hydrogens (primary N) is 1. The molecule has 0 aliphatic carbocycles. The molecule has 4 aliphatic rings. The number of rotatable bonds is 2. The van der Waals surface area contributed by atoms with Crippen LogP contribution in [-0.2, 0) is 0 Å². The summed E-state index contributed by atoms with van der Waals surface area (Å²) in [4.78, 5) is 2.37. The van der Waals surface area contributed by atoms with Crippen molar-refractivity contribution in [3.8, 4) is 11.5 Å². The number of hydrogen-bond donors (Lipinski definition) is 2. The SMILES string of the molecule is NC(=S)NN=C1C(=Cc2ccc3c(c2)OCO3)N2CCC1CC2. The number of fused-ring (bicyclic) bond motifs is 4. The van der Waals surface area contributed by atoms with Crippen LogP contribution in [0.4, 0.5) is 0 Å². The van der Waals surface area contributed by atoms with Crippen LogP contribution in [0.5, 0.6) is 11.5 Å². The van der Waals surface area contributed by atoms with Crippen LogP contribution in [0.15, 0.2) is 29.0 Å². The lowest BCUT2D eigenvalue weighted by Crippen LogP contribution is -2.47. The lowest BCUT2D eigenvalue weighted by atomic mass is 9.83. The lowest BCUT2D eigenvalue weighted by Gasteiger charge is -2.43. The maximum atomic E-state index is 5.52. The number of allylic oxidation sites excluding steroid dienone is 1. The van der Waals surface area contributed by atoms with Crippen LogP contribution in [0, 0.1) is 5.92 Å². The van der Waals surface area contributed by atoms with Gasteiger partial charge in [-0.3, -0.25) is 5.43 Å². The number of hydrazone groups is 1. The Bertz CT molecular complexity index is 708. The monoisotopic (exact) mass is 330 g/mol. The molecule has 4 heterocycles. The number of nitrogens with zero attached hydrogens (tertiary/aromatic N) is 2. The summed E-state index contributed by atoms with van der Waals surface area (Å²) in [5, 5.41) is 4.64. The molecular weight excluding hydrogens is 312 g/mol. The summed E-state index contributed by atoms with van der Waals surface area (Å²) < 4.78 is 10.8. The standard InChI is InChI=1S/C16H18N4O2S/c17-16(23)19-18-15-11-3-5-20(6-4-11)12(15)7-10-1-2-13-14(8-10)22-9-21-13/h1-2,7-8,11H,3-6,9H2,(H3,17,19,23). The molecule has 0 atom stereocenters. The minimum absolute atomic E-state index is 0.191. The van der Waals surface area contributed by atoms with Gasteiger partial charge < -0.3 is 20.1 Å². The Morgan fingerprint density at radius 1 is 1.30 bits per heavy atom. The molecular formula is C16H18N4O2S. The van der Waals surface area contributed by atoms with Crippen molar-refractivity contribution in [1.29, 1.82) is 0 Å². The van der Waals surface area contributed by atoms with Gasteiger partial charge in [0.05, 0.1) is 11.4 Å². The minimum Gasteiger partial charge on any atom is -0.454 e. The van der Waals surface area contributed by atoms with Gasteiger partial charge in [-0.05, 0) is 48.8 Å². The van der Waals surface area contributed by atoms with Crippen molar-refractivity contribution < 1.29 is 9.47 Å². The fourth-order valence-corrected chi connectivity index (χ4v) is 3.40. The topological polar surface area (TPSA) is 72.1 Å². The Morgan fingerprint density at radius 3 is 2.87 bits per heavy atom. The Labute approximate surface area is 139 Å². The van der Waals surface area contributed by atoms with E-state index in [0.717, 1.165) is 54.4 Å². The number of piperidine rings is 3. The predicted octanol–water partition coefficient (Wildman–Crippen LogP) is 1.67. The van der Waals surface area contributed by atoms with E-state index in [0.29, 0.717) is 5.92 Å². The van der Waals surface area contributed by atoms with Crippen LogP contribution in [0.2, 0.25) is 0 Å². The van der Waals surface area contributed by atoms with Gasteiger partial charge in [0.1, 0.15) is 0 Å². The Kier molecular flexibility index (Phi) is 3.57. The molecule has 23 heavy (non-hydrogen) atoms. The average Bonchev–Trinajstić information content (AvgIpc) is 3.02. The molecule has 3 saturated heterocycles. The number of benzene rings is 1. The van der Waals surface area contributed by atoms with Crippen LogP contribution < -0.4 is 20.6 Å². The Hall–Kier alpha value is -2.28. The number of ether oxygens (including phenoxy) is 2. The fraction of sp³-hybridized carbons (Fsp3) is 0.375. The molecule has 7 heteroatoms. The maximum absolute atomic E-state index is 5.52. The van der Waals surface area contributed by atoms with E-state index in [-0.39, 0.29) is 11.9 Å².